The molecule has 2 N–H and O–H groups in total. The monoisotopic (exact) mass is 394 g/mol. The molecule has 0 bridgehead atoms. The standard InChI is InChI=1S/C24H30N2O3/c1-14-9-15(2)22(16(3)10-14)13-26-18(5)21(23(19(26)6)24(27)28)12-25-11-20-8-7-17(4)29-20/h7-10,25H,11-13H2,1-6H3,(H,27,28). The molecule has 3 aromatic rings. The summed E-state index contributed by atoms with van der Waals surface area (Å²) in [4.78, 5) is 12.0. The topological polar surface area (TPSA) is 67.4 Å². The van der Waals surface area contributed by atoms with Crippen LogP contribution in [0.25, 0.3) is 0 Å². The molecule has 0 saturated heterocycles. The third-order valence-corrected chi connectivity index (χ3v) is 5.68. The Bertz CT molecular complexity index is 1030. The fourth-order valence-electron chi connectivity index (χ4n) is 4.19. The van der Waals surface area contributed by atoms with Crippen LogP contribution in [0.15, 0.2) is 28.7 Å². The van der Waals surface area contributed by atoms with Crippen LogP contribution < -0.4 is 5.32 Å². The lowest BCUT2D eigenvalue weighted by Crippen LogP contribution is -2.15. The number of aromatic carboxylic acids is 1. The third kappa shape index (κ3) is 4.30. The number of hydrogen-bond acceptors (Lipinski definition) is 3. The van der Waals surface area contributed by atoms with Gasteiger partial charge in [-0.15, -0.1) is 0 Å². The molecule has 0 aliphatic carbocycles. The summed E-state index contributed by atoms with van der Waals surface area (Å²) in [5.74, 6) is 0.835. The number of aryl methyl sites for hydroxylation is 4. The number of aromatic nitrogens is 1. The summed E-state index contributed by atoms with van der Waals surface area (Å²) in [6.45, 7) is 13.9. The van der Waals surface area contributed by atoms with E-state index in [1.165, 1.54) is 22.3 Å². The summed E-state index contributed by atoms with van der Waals surface area (Å²) in [7, 11) is 0. The summed E-state index contributed by atoms with van der Waals surface area (Å²) in [6, 6.07) is 8.23. The van der Waals surface area contributed by atoms with Gasteiger partial charge in [0.05, 0.1) is 12.1 Å². The molecule has 0 aliphatic heterocycles. The van der Waals surface area contributed by atoms with Crippen molar-refractivity contribution in [2.45, 2.75) is 61.2 Å². The largest absolute Gasteiger partial charge is 0.478 e. The molecule has 0 saturated carbocycles. The zero-order valence-electron chi connectivity index (χ0n) is 18.1. The number of benzene rings is 1. The van der Waals surface area contributed by atoms with Gasteiger partial charge < -0.3 is 19.4 Å². The molecule has 0 fully saturated rings. The molecule has 0 spiro atoms. The molecule has 0 atom stereocenters. The summed E-state index contributed by atoms with van der Waals surface area (Å²) < 4.78 is 7.72. The van der Waals surface area contributed by atoms with Crippen LogP contribution in [0, 0.1) is 41.5 Å². The molecule has 1 aromatic carbocycles. The Balaban J connectivity index is 1.91. The van der Waals surface area contributed by atoms with Crippen LogP contribution in [0.1, 0.15) is 61.1 Å². The second-order valence-electron chi connectivity index (χ2n) is 7.91. The van der Waals surface area contributed by atoms with Crippen LogP contribution in [0.2, 0.25) is 0 Å². The predicted octanol–water partition coefficient (Wildman–Crippen LogP) is 4.97. The van der Waals surface area contributed by atoms with Gasteiger partial charge in [0.25, 0.3) is 0 Å². The number of rotatable bonds is 7. The first-order valence-electron chi connectivity index (χ1n) is 9.93. The highest BCUT2D eigenvalue weighted by molar-refractivity contribution is 5.91. The summed E-state index contributed by atoms with van der Waals surface area (Å²) >= 11 is 0. The van der Waals surface area contributed by atoms with Crippen LogP contribution in [-0.2, 0) is 19.6 Å². The average Bonchev–Trinajstić information content (AvgIpc) is 3.13. The van der Waals surface area contributed by atoms with Gasteiger partial charge in [0.2, 0.25) is 0 Å². The Morgan fingerprint density at radius 1 is 0.966 bits per heavy atom. The van der Waals surface area contributed by atoms with E-state index >= 15 is 0 Å². The molecule has 2 heterocycles. The normalized spacial score (nSPS) is 11.2. The molecule has 2 aromatic heterocycles. The summed E-state index contributed by atoms with van der Waals surface area (Å²) in [5.41, 5.74) is 7.98. The van der Waals surface area contributed by atoms with E-state index in [1.807, 2.05) is 32.9 Å². The molecule has 0 unspecified atom stereocenters. The first-order chi connectivity index (χ1) is 13.7. The second-order valence-corrected chi connectivity index (χ2v) is 7.91. The third-order valence-electron chi connectivity index (χ3n) is 5.68. The molecule has 29 heavy (non-hydrogen) atoms. The zero-order chi connectivity index (χ0) is 21.3. The number of nitrogens with zero attached hydrogens (tertiary/aromatic N) is 1. The minimum absolute atomic E-state index is 0.396. The second kappa shape index (κ2) is 8.29. The smallest absolute Gasteiger partial charge is 0.337 e. The number of hydrogen-bond donors (Lipinski definition) is 2. The van der Waals surface area contributed by atoms with E-state index in [9.17, 15) is 9.90 Å². The van der Waals surface area contributed by atoms with Gasteiger partial charge in [-0.2, -0.15) is 0 Å². The number of nitrogens with one attached hydrogen (secondary N) is 1. The van der Waals surface area contributed by atoms with Crippen LogP contribution in [-0.4, -0.2) is 15.6 Å². The van der Waals surface area contributed by atoms with Crippen molar-refractivity contribution in [3.63, 3.8) is 0 Å². The Hall–Kier alpha value is -2.79. The fourth-order valence-corrected chi connectivity index (χ4v) is 4.19. The Morgan fingerprint density at radius 3 is 2.17 bits per heavy atom. The molecule has 0 radical (unpaired) electrons. The molecule has 0 amide bonds. The highest BCUT2D eigenvalue weighted by Crippen LogP contribution is 2.26. The van der Waals surface area contributed by atoms with Crippen molar-refractivity contribution in [3.8, 4) is 0 Å². The van der Waals surface area contributed by atoms with Crippen LogP contribution in [0.5, 0.6) is 0 Å². The SMILES string of the molecule is Cc1cc(C)c(Cn2c(C)c(CNCc3ccc(C)o3)c(C(=O)O)c2C)c(C)c1. The number of carbonyl (C=O) groups is 1. The van der Waals surface area contributed by atoms with Gasteiger partial charge in [0, 0.05) is 30.0 Å². The minimum atomic E-state index is -0.882. The van der Waals surface area contributed by atoms with Crippen molar-refractivity contribution in [2.24, 2.45) is 0 Å². The van der Waals surface area contributed by atoms with Gasteiger partial charge in [0.15, 0.2) is 0 Å². The predicted molar refractivity (Wildman–Crippen MR) is 115 cm³/mol. The van der Waals surface area contributed by atoms with Crippen LogP contribution in [0.4, 0.5) is 0 Å². The Morgan fingerprint density at radius 2 is 1.62 bits per heavy atom. The number of carboxylic acids is 1. The highest BCUT2D eigenvalue weighted by atomic mass is 16.4. The van der Waals surface area contributed by atoms with Crippen molar-refractivity contribution in [3.05, 3.63) is 80.6 Å². The van der Waals surface area contributed by atoms with Crippen molar-refractivity contribution < 1.29 is 14.3 Å². The van der Waals surface area contributed by atoms with Crippen LogP contribution >= 0.6 is 0 Å². The van der Waals surface area contributed by atoms with E-state index in [0.717, 1.165) is 28.5 Å². The van der Waals surface area contributed by atoms with Gasteiger partial charge in [-0.05, 0) is 70.4 Å². The average molecular weight is 395 g/mol. The van der Waals surface area contributed by atoms with Gasteiger partial charge >= 0.3 is 5.97 Å². The number of furan rings is 1. The van der Waals surface area contributed by atoms with E-state index in [1.54, 1.807) is 0 Å². The van der Waals surface area contributed by atoms with E-state index in [2.05, 4.69) is 42.8 Å². The van der Waals surface area contributed by atoms with Gasteiger partial charge in [0.1, 0.15) is 11.5 Å². The maximum absolute atomic E-state index is 12.0. The van der Waals surface area contributed by atoms with Gasteiger partial charge in [-0.1, -0.05) is 17.7 Å². The quantitative estimate of drug-likeness (QED) is 0.594. The lowest BCUT2D eigenvalue weighted by Gasteiger charge is -2.15. The van der Waals surface area contributed by atoms with Crippen molar-refractivity contribution >= 4 is 5.97 Å². The highest BCUT2D eigenvalue weighted by Gasteiger charge is 2.23. The molecule has 5 heteroatoms. The van der Waals surface area contributed by atoms with Crippen LogP contribution in [0.3, 0.4) is 0 Å². The van der Waals surface area contributed by atoms with E-state index in [0.29, 0.717) is 25.2 Å². The Kier molecular flexibility index (Phi) is 5.99. The van der Waals surface area contributed by atoms with Gasteiger partial charge in [-0.25, -0.2) is 4.79 Å². The minimum Gasteiger partial charge on any atom is -0.478 e. The Labute approximate surface area is 172 Å². The molecule has 154 valence electrons. The molecular formula is C24H30N2O3. The van der Waals surface area contributed by atoms with Gasteiger partial charge in [-0.3, -0.25) is 0 Å². The van der Waals surface area contributed by atoms with E-state index < -0.39 is 5.97 Å². The fraction of sp³-hybridized carbons (Fsp3) is 0.375. The maximum atomic E-state index is 12.0. The summed E-state index contributed by atoms with van der Waals surface area (Å²) in [5, 5.41) is 13.2. The molecule has 0 aliphatic rings. The molecule has 5 nitrogen and oxygen atoms in total. The number of carboxylic acid groups (broad SMARTS) is 1. The van der Waals surface area contributed by atoms with Crippen molar-refractivity contribution in [2.75, 3.05) is 0 Å². The van der Waals surface area contributed by atoms with Crippen molar-refractivity contribution in [1.29, 1.82) is 0 Å². The maximum Gasteiger partial charge on any atom is 0.337 e. The lowest BCUT2D eigenvalue weighted by atomic mass is 9.99. The first-order valence-corrected chi connectivity index (χ1v) is 9.93. The molecular weight excluding hydrogens is 364 g/mol. The lowest BCUT2D eigenvalue weighted by molar-refractivity contribution is 0.0694. The first kappa shape index (κ1) is 20.9. The summed E-state index contributed by atoms with van der Waals surface area (Å²) in [6.07, 6.45) is 0. The van der Waals surface area contributed by atoms with E-state index in [-0.39, 0.29) is 0 Å². The zero-order valence-corrected chi connectivity index (χ0v) is 18.1. The molecule has 3 rings (SSSR count). The van der Waals surface area contributed by atoms with Crippen molar-refractivity contribution in [1.82, 2.24) is 9.88 Å². The van der Waals surface area contributed by atoms with E-state index in [4.69, 9.17) is 4.42 Å².